The van der Waals surface area contributed by atoms with Crippen LogP contribution in [-0.4, -0.2) is 75.7 Å². The van der Waals surface area contributed by atoms with E-state index in [-0.39, 0.29) is 42.6 Å². The number of aromatic nitrogens is 3. The standard InChI is InChI=1S/C24H51N5O6Si2/c1-16(2)30-36(31-17(3)4,32-18(5)6)22(13-14-26-24-28-15-27-23(25)29-24)37(33-19(7)8,34-20(9)10)35-21(11)12/h15-22H,13-14H2,1-12H3,(H3,25,26,27,28,29). The lowest BCUT2D eigenvalue weighted by atomic mass is 10.5. The highest BCUT2D eigenvalue weighted by molar-refractivity contribution is 6.82. The molecule has 0 aliphatic carbocycles. The van der Waals surface area contributed by atoms with E-state index in [9.17, 15) is 0 Å². The fraction of sp³-hybridized carbons (Fsp3) is 0.875. The smallest absolute Gasteiger partial charge is 0.371 e. The van der Waals surface area contributed by atoms with Crippen LogP contribution >= 0.6 is 0 Å². The number of hydrogen-bond donors (Lipinski definition) is 2. The Balaban J connectivity index is 3.75. The van der Waals surface area contributed by atoms with Gasteiger partial charge in [-0.1, -0.05) is 0 Å². The monoisotopic (exact) mass is 561 g/mol. The summed E-state index contributed by atoms with van der Waals surface area (Å²) >= 11 is 0. The molecule has 0 unspecified atom stereocenters. The summed E-state index contributed by atoms with van der Waals surface area (Å²) in [5, 5.41) is 2.81. The maximum atomic E-state index is 6.69. The molecule has 1 rings (SSSR count). The van der Waals surface area contributed by atoms with Crippen molar-refractivity contribution in [3.05, 3.63) is 6.33 Å². The molecule has 1 heterocycles. The van der Waals surface area contributed by atoms with Gasteiger partial charge in [-0.3, -0.25) is 0 Å². The summed E-state index contributed by atoms with van der Waals surface area (Å²) < 4.78 is 40.2. The molecule has 0 aliphatic rings. The van der Waals surface area contributed by atoms with Crippen LogP contribution in [0.25, 0.3) is 0 Å². The molecule has 13 heteroatoms. The average molecular weight is 562 g/mol. The third-order valence-electron chi connectivity index (χ3n) is 4.56. The first-order chi connectivity index (χ1) is 17.1. The van der Waals surface area contributed by atoms with E-state index in [0.717, 1.165) is 0 Å². The molecular formula is C24H51N5O6Si2. The van der Waals surface area contributed by atoms with Crippen LogP contribution in [0.2, 0.25) is 5.16 Å². The number of nitrogens with two attached hydrogens (primary N) is 1. The molecule has 0 saturated heterocycles. The fourth-order valence-electron chi connectivity index (χ4n) is 3.92. The predicted octanol–water partition coefficient (Wildman–Crippen LogP) is 4.59. The second-order valence-corrected chi connectivity index (χ2v) is 16.4. The first kappa shape index (κ1) is 33.8. The highest BCUT2D eigenvalue weighted by Gasteiger charge is 2.67. The summed E-state index contributed by atoms with van der Waals surface area (Å²) in [5.41, 5.74) is 5.75. The van der Waals surface area contributed by atoms with Crippen LogP contribution in [0.5, 0.6) is 0 Å². The van der Waals surface area contributed by atoms with Crippen molar-refractivity contribution in [3.63, 3.8) is 0 Å². The number of nitrogens with zero attached hydrogens (tertiary/aromatic N) is 3. The van der Waals surface area contributed by atoms with Gasteiger partial charge < -0.3 is 37.6 Å². The van der Waals surface area contributed by atoms with Crippen LogP contribution in [-0.2, 0) is 26.6 Å². The molecule has 1 aromatic rings. The van der Waals surface area contributed by atoms with Crippen molar-refractivity contribution in [1.82, 2.24) is 15.0 Å². The molecule has 0 fully saturated rings. The van der Waals surface area contributed by atoms with E-state index in [1.165, 1.54) is 6.33 Å². The lowest BCUT2D eigenvalue weighted by Crippen LogP contribution is -2.67. The third kappa shape index (κ3) is 11.6. The molecule has 11 nitrogen and oxygen atoms in total. The lowest BCUT2D eigenvalue weighted by Gasteiger charge is -2.46. The number of hydrogen-bond acceptors (Lipinski definition) is 11. The van der Waals surface area contributed by atoms with Gasteiger partial charge in [-0.2, -0.15) is 4.98 Å². The van der Waals surface area contributed by atoms with Gasteiger partial charge in [0, 0.05) is 43.2 Å². The first-order valence-electron chi connectivity index (χ1n) is 13.4. The minimum atomic E-state index is -3.53. The Hall–Kier alpha value is -1.20. The normalized spacial score (nSPS) is 13.4. The molecule has 0 radical (unpaired) electrons. The van der Waals surface area contributed by atoms with Crippen molar-refractivity contribution in [1.29, 1.82) is 0 Å². The summed E-state index contributed by atoms with van der Waals surface area (Å²) in [5.74, 6) is 0.523. The van der Waals surface area contributed by atoms with Gasteiger partial charge in [-0.05, 0) is 89.5 Å². The van der Waals surface area contributed by atoms with Crippen LogP contribution < -0.4 is 11.1 Å². The first-order valence-corrected chi connectivity index (χ1v) is 17.0. The second-order valence-electron chi connectivity index (χ2n) is 10.6. The lowest BCUT2D eigenvalue weighted by molar-refractivity contribution is -0.0302. The van der Waals surface area contributed by atoms with Crippen molar-refractivity contribution < 1.29 is 26.6 Å². The molecule has 0 spiro atoms. The predicted molar refractivity (Wildman–Crippen MR) is 150 cm³/mol. The van der Waals surface area contributed by atoms with E-state index in [1.807, 2.05) is 83.1 Å². The zero-order chi connectivity index (χ0) is 28.4. The Bertz CT molecular complexity index is 695. The van der Waals surface area contributed by atoms with Crippen LogP contribution in [0.15, 0.2) is 6.33 Å². The zero-order valence-corrected chi connectivity index (χ0v) is 26.9. The van der Waals surface area contributed by atoms with E-state index in [1.54, 1.807) is 0 Å². The summed E-state index contributed by atoms with van der Waals surface area (Å²) in [6, 6.07) is 0. The van der Waals surface area contributed by atoms with Gasteiger partial charge in [0.05, 0.1) is 0 Å². The highest BCUT2D eigenvalue weighted by atomic mass is 28.5. The van der Waals surface area contributed by atoms with E-state index < -0.39 is 22.8 Å². The van der Waals surface area contributed by atoms with Crippen molar-refractivity contribution in [3.8, 4) is 0 Å². The summed E-state index contributed by atoms with van der Waals surface area (Å²) in [4.78, 5) is 12.2. The average Bonchev–Trinajstić information content (AvgIpc) is 2.67. The van der Waals surface area contributed by atoms with Crippen LogP contribution in [0.3, 0.4) is 0 Å². The summed E-state index contributed by atoms with van der Waals surface area (Å²) in [6.45, 7) is 24.3. The summed E-state index contributed by atoms with van der Waals surface area (Å²) in [6.07, 6.45) is 0.913. The maximum absolute atomic E-state index is 6.69. The molecule has 0 amide bonds. The van der Waals surface area contributed by atoms with Crippen LogP contribution in [0.1, 0.15) is 89.5 Å². The number of nitrogens with one attached hydrogen (secondary N) is 1. The maximum Gasteiger partial charge on any atom is 0.509 e. The van der Waals surface area contributed by atoms with E-state index in [0.29, 0.717) is 18.9 Å². The fourth-order valence-corrected chi connectivity index (χ4v) is 13.1. The van der Waals surface area contributed by atoms with Crippen molar-refractivity contribution in [2.45, 2.75) is 131 Å². The Labute approximate surface area is 226 Å². The number of nitrogen functional groups attached to an aromatic ring is 1. The molecule has 1 aromatic heterocycles. The molecule has 3 N–H and O–H groups in total. The SMILES string of the molecule is CC(C)O[Si](OC(C)C)(OC(C)C)C(CCNc1ncnc(N)n1)[Si](OC(C)C)(OC(C)C)OC(C)C. The Morgan fingerprint density at radius 2 is 1.00 bits per heavy atom. The largest absolute Gasteiger partial charge is 0.509 e. The minimum absolute atomic E-state index is 0.144. The van der Waals surface area contributed by atoms with Gasteiger partial charge >= 0.3 is 17.6 Å². The quantitative estimate of drug-likeness (QED) is 0.244. The summed E-state index contributed by atoms with van der Waals surface area (Å²) in [7, 11) is -7.06. The highest BCUT2D eigenvalue weighted by Crippen LogP contribution is 2.43. The molecule has 0 atom stereocenters. The van der Waals surface area contributed by atoms with E-state index in [4.69, 9.17) is 32.3 Å². The van der Waals surface area contributed by atoms with Crippen LogP contribution in [0, 0.1) is 0 Å². The molecule has 0 aliphatic heterocycles. The Kier molecular flexibility index (Phi) is 14.1. The topological polar surface area (TPSA) is 132 Å². The Morgan fingerprint density at radius 1 is 0.649 bits per heavy atom. The molecule has 216 valence electrons. The van der Waals surface area contributed by atoms with Gasteiger partial charge in [0.1, 0.15) is 11.5 Å². The Morgan fingerprint density at radius 3 is 1.30 bits per heavy atom. The minimum Gasteiger partial charge on any atom is -0.371 e. The van der Waals surface area contributed by atoms with Crippen molar-refractivity contribution >= 4 is 29.5 Å². The van der Waals surface area contributed by atoms with Gasteiger partial charge in [0.15, 0.2) is 0 Å². The van der Waals surface area contributed by atoms with E-state index >= 15 is 0 Å². The van der Waals surface area contributed by atoms with Crippen LogP contribution in [0.4, 0.5) is 11.9 Å². The molecular weight excluding hydrogens is 510 g/mol. The molecule has 0 aromatic carbocycles. The van der Waals surface area contributed by atoms with Gasteiger partial charge in [0.25, 0.3) is 0 Å². The number of anilines is 2. The van der Waals surface area contributed by atoms with Gasteiger partial charge in [-0.15, -0.1) is 0 Å². The third-order valence-corrected chi connectivity index (χ3v) is 13.8. The van der Waals surface area contributed by atoms with E-state index in [2.05, 4.69) is 20.3 Å². The second kappa shape index (κ2) is 15.4. The molecule has 0 saturated carbocycles. The van der Waals surface area contributed by atoms with Gasteiger partial charge in [-0.25, -0.2) is 9.97 Å². The van der Waals surface area contributed by atoms with Crippen molar-refractivity contribution in [2.75, 3.05) is 17.6 Å². The molecule has 0 bridgehead atoms. The number of rotatable bonds is 18. The zero-order valence-electron chi connectivity index (χ0n) is 24.9. The molecule has 37 heavy (non-hydrogen) atoms. The van der Waals surface area contributed by atoms with Gasteiger partial charge in [0.2, 0.25) is 11.9 Å². The van der Waals surface area contributed by atoms with Crippen molar-refractivity contribution in [2.24, 2.45) is 0 Å².